The summed E-state index contributed by atoms with van der Waals surface area (Å²) in [7, 11) is -1.91. The van der Waals surface area contributed by atoms with Crippen molar-refractivity contribution in [2.75, 3.05) is 13.7 Å². The minimum atomic E-state index is -3.48. The number of rotatable bonds is 6. The Bertz CT molecular complexity index is 521. The molecule has 1 N–H and O–H groups in total. The molecule has 1 rings (SSSR count). The van der Waals surface area contributed by atoms with E-state index in [1.165, 1.54) is 12.1 Å². The molecule has 0 aromatic heterocycles. The average molecular weight is 269 g/mol. The highest BCUT2D eigenvalue weighted by Crippen LogP contribution is 2.28. The highest BCUT2D eigenvalue weighted by atomic mass is 32.2. The van der Waals surface area contributed by atoms with E-state index < -0.39 is 10.0 Å². The zero-order valence-electron chi connectivity index (χ0n) is 10.9. The van der Waals surface area contributed by atoms with Crippen molar-refractivity contribution in [3.63, 3.8) is 0 Å². The molecule has 0 saturated carbocycles. The average Bonchev–Trinajstić information content (AvgIpc) is 2.35. The summed E-state index contributed by atoms with van der Waals surface area (Å²) in [5, 5.41) is 0. The number of hydrogen-bond acceptors (Lipinski definition) is 3. The summed E-state index contributed by atoms with van der Waals surface area (Å²) in [6, 6.07) is 4.86. The number of hydrogen-bond donors (Lipinski definition) is 1. The van der Waals surface area contributed by atoms with Gasteiger partial charge in [0.1, 0.15) is 5.75 Å². The first-order valence-electron chi connectivity index (χ1n) is 5.71. The van der Waals surface area contributed by atoms with Gasteiger partial charge in [-0.3, -0.25) is 0 Å². The fourth-order valence-corrected chi connectivity index (χ4v) is 2.62. The van der Waals surface area contributed by atoms with Crippen LogP contribution in [0.4, 0.5) is 0 Å². The third-order valence-electron chi connectivity index (χ3n) is 2.55. The van der Waals surface area contributed by atoms with Crippen LogP contribution >= 0.6 is 0 Å². The van der Waals surface area contributed by atoms with Crippen molar-refractivity contribution in [2.24, 2.45) is 0 Å². The largest absolute Gasteiger partial charge is 0.496 e. The molecule has 0 radical (unpaired) electrons. The van der Waals surface area contributed by atoms with Gasteiger partial charge < -0.3 is 4.74 Å². The first-order valence-corrected chi connectivity index (χ1v) is 7.19. The lowest BCUT2D eigenvalue weighted by molar-refractivity contribution is 0.407. The summed E-state index contributed by atoms with van der Waals surface area (Å²) in [5.74, 6) is 0.891. The van der Waals surface area contributed by atoms with Gasteiger partial charge in [-0.15, -0.1) is 6.58 Å². The zero-order chi connectivity index (χ0) is 13.8. The fraction of sp³-hybridized carbons (Fsp3) is 0.385. The molecule has 5 heteroatoms. The quantitative estimate of drug-likeness (QED) is 0.806. The summed E-state index contributed by atoms with van der Waals surface area (Å²) in [6.45, 7) is 7.68. The Hall–Kier alpha value is -1.33. The highest BCUT2D eigenvalue weighted by Gasteiger charge is 2.16. The van der Waals surface area contributed by atoms with E-state index in [9.17, 15) is 8.42 Å². The topological polar surface area (TPSA) is 55.4 Å². The smallest absolute Gasteiger partial charge is 0.240 e. The van der Waals surface area contributed by atoms with Gasteiger partial charge in [0.15, 0.2) is 0 Å². The second-order valence-electron chi connectivity index (χ2n) is 4.20. The van der Waals surface area contributed by atoms with E-state index in [0.29, 0.717) is 5.75 Å². The van der Waals surface area contributed by atoms with Gasteiger partial charge in [-0.1, -0.05) is 19.9 Å². The first kappa shape index (κ1) is 14.7. The zero-order valence-corrected chi connectivity index (χ0v) is 11.8. The van der Waals surface area contributed by atoms with Gasteiger partial charge in [-0.2, -0.15) is 0 Å². The molecule has 0 aliphatic heterocycles. The number of methoxy groups -OCH3 is 1. The molecule has 1 aromatic rings. The lowest BCUT2D eigenvalue weighted by atomic mass is 10.0. The molecule has 0 spiro atoms. The van der Waals surface area contributed by atoms with Crippen LogP contribution in [0, 0.1) is 0 Å². The third-order valence-corrected chi connectivity index (χ3v) is 3.97. The monoisotopic (exact) mass is 269 g/mol. The van der Waals surface area contributed by atoms with Crippen molar-refractivity contribution in [3.05, 3.63) is 36.4 Å². The van der Waals surface area contributed by atoms with Crippen LogP contribution in [0.5, 0.6) is 5.75 Å². The molecule has 1 aromatic carbocycles. The lowest BCUT2D eigenvalue weighted by Gasteiger charge is -2.13. The molecule has 18 heavy (non-hydrogen) atoms. The lowest BCUT2D eigenvalue weighted by Crippen LogP contribution is -2.23. The molecule has 4 nitrogen and oxygen atoms in total. The molecule has 0 fully saturated rings. The van der Waals surface area contributed by atoms with Gasteiger partial charge in [0.25, 0.3) is 0 Å². The molecule has 0 aliphatic carbocycles. The Kier molecular flexibility index (Phi) is 4.93. The summed E-state index contributed by atoms with van der Waals surface area (Å²) in [5.41, 5.74) is 0.874. The maximum Gasteiger partial charge on any atom is 0.240 e. The summed E-state index contributed by atoms with van der Waals surface area (Å²) >= 11 is 0. The molecule has 0 saturated heterocycles. The predicted molar refractivity (Wildman–Crippen MR) is 72.5 cm³/mol. The molecular weight excluding hydrogens is 250 g/mol. The molecule has 100 valence electrons. The van der Waals surface area contributed by atoms with Crippen molar-refractivity contribution in [2.45, 2.75) is 24.7 Å². The van der Waals surface area contributed by atoms with Crippen molar-refractivity contribution >= 4 is 10.0 Å². The second-order valence-corrected chi connectivity index (χ2v) is 5.97. The van der Waals surface area contributed by atoms with Crippen molar-refractivity contribution in [1.82, 2.24) is 4.72 Å². The van der Waals surface area contributed by atoms with Gasteiger partial charge in [0.05, 0.1) is 12.0 Å². The van der Waals surface area contributed by atoms with Crippen LogP contribution in [-0.4, -0.2) is 22.1 Å². The molecular formula is C13H19NO3S. The minimum absolute atomic E-state index is 0.189. The summed E-state index contributed by atoms with van der Waals surface area (Å²) < 4.78 is 31.6. The van der Waals surface area contributed by atoms with Crippen LogP contribution in [-0.2, 0) is 10.0 Å². The molecule has 0 unspecified atom stereocenters. The maximum atomic E-state index is 12.0. The van der Waals surface area contributed by atoms with Crippen LogP contribution in [0.25, 0.3) is 0 Å². The molecule has 0 atom stereocenters. The van der Waals surface area contributed by atoms with Gasteiger partial charge in [-0.05, 0) is 29.7 Å². The first-order chi connectivity index (χ1) is 8.42. The summed E-state index contributed by atoms with van der Waals surface area (Å²) in [6.07, 6.45) is 1.50. The summed E-state index contributed by atoms with van der Waals surface area (Å²) in [4.78, 5) is 0.244. The number of nitrogens with one attached hydrogen (secondary N) is 1. The number of ether oxygens (including phenoxy) is 1. The Morgan fingerprint density at radius 3 is 2.61 bits per heavy atom. The number of sulfonamides is 1. The Labute approximate surface area is 109 Å². The van der Waals surface area contributed by atoms with Crippen LogP contribution in [0.15, 0.2) is 35.7 Å². The van der Waals surface area contributed by atoms with E-state index in [2.05, 4.69) is 11.3 Å². The van der Waals surface area contributed by atoms with Crippen LogP contribution in [0.3, 0.4) is 0 Å². The second kappa shape index (κ2) is 6.02. The Morgan fingerprint density at radius 2 is 2.11 bits per heavy atom. The van der Waals surface area contributed by atoms with E-state index in [1.807, 2.05) is 13.8 Å². The maximum absolute atomic E-state index is 12.0. The normalized spacial score (nSPS) is 11.6. The standard InChI is InChI=1S/C13H19NO3S/c1-5-8-14-18(15,16)11-6-7-13(17-4)12(9-11)10(2)3/h5-7,9-10,14H,1,8H2,2-4H3. The van der Waals surface area contributed by atoms with E-state index in [4.69, 9.17) is 4.74 Å². The molecule has 0 heterocycles. The predicted octanol–water partition coefficient (Wildman–Crippen LogP) is 2.28. The van der Waals surface area contributed by atoms with Gasteiger partial charge >= 0.3 is 0 Å². The van der Waals surface area contributed by atoms with Gasteiger partial charge in [0.2, 0.25) is 10.0 Å². The van der Waals surface area contributed by atoms with Crippen LogP contribution in [0.1, 0.15) is 25.3 Å². The highest BCUT2D eigenvalue weighted by molar-refractivity contribution is 7.89. The van der Waals surface area contributed by atoms with E-state index >= 15 is 0 Å². The van der Waals surface area contributed by atoms with Crippen molar-refractivity contribution in [3.8, 4) is 5.75 Å². The molecule has 0 bridgehead atoms. The van der Waals surface area contributed by atoms with Crippen LogP contribution < -0.4 is 9.46 Å². The fourth-order valence-electron chi connectivity index (χ4n) is 1.58. The molecule has 0 aliphatic rings. The van der Waals surface area contributed by atoms with Gasteiger partial charge in [-0.25, -0.2) is 13.1 Å². The Balaban J connectivity index is 3.19. The van der Waals surface area contributed by atoms with Crippen molar-refractivity contribution in [1.29, 1.82) is 0 Å². The minimum Gasteiger partial charge on any atom is -0.496 e. The van der Waals surface area contributed by atoms with E-state index in [1.54, 1.807) is 19.2 Å². The SMILES string of the molecule is C=CCNS(=O)(=O)c1ccc(OC)c(C(C)C)c1. The van der Waals surface area contributed by atoms with Crippen LogP contribution in [0.2, 0.25) is 0 Å². The van der Waals surface area contributed by atoms with E-state index in [-0.39, 0.29) is 17.4 Å². The molecule has 0 amide bonds. The Morgan fingerprint density at radius 1 is 1.44 bits per heavy atom. The number of benzene rings is 1. The van der Waals surface area contributed by atoms with Gasteiger partial charge in [0, 0.05) is 6.54 Å². The third kappa shape index (κ3) is 3.34. The van der Waals surface area contributed by atoms with E-state index in [0.717, 1.165) is 5.56 Å². The van der Waals surface area contributed by atoms with Crippen molar-refractivity contribution < 1.29 is 13.2 Å².